The zero-order valence-electron chi connectivity index (χ0n) is 14.8. The van der Waals surface area contributed by atoms with Crippen molar-refractivity contribution in [3.63, 3.8) is 0 Å². The van der Waals surface area contributed by atoms with Gasteiger partial charge < -0.3 is 9.64 Å². The third-order valence-electron chi connectivity index (χ3n) is 5.08. The molecule has 4 nitrogen and oxygen atoms in total. The van der Waals surface area contributed by atoms with Gasteiger partial charge in [0.15, 0.2) is 5.17 Å². The largest absolute Gasteiger partial charge is 0.466 e. The maximum absolute atomic E-state index is 12.6. The minimum atomic E-state index is -0.291. The molecule has 1 aromatic rings. The number of fused-ring (bicyclic) bond motifs is 2. The molecule has 3 aliphatic rings. The van der Waals surface area contributed by atoms with E-state index >= 15 is 0 Å². The number of thioether (sulfide) groups is 1. The number of hydrogen-bond donors (Lipinski definition) is 0. The Morgan fingerprint density at radius 2 is 1.92 bits per heavy atom. The summed E-state index contributed by atoms with van der Waals surface area (Å²) in [4.78, 5) is 21.0. The van der Waals surface area contributed by atoms with E-state index in [4.69, 9.17) is 9.73 Å². The molecule has 0 aromatic heterocycles. The molecule has 0 saturated carbocycles. The Bertz CT molecular complexity index is 821. The summed E-state index contributed by atoms with van der Waals surface area (Å²) < 4.78 is 5.10. The zero-order valence-corrected chi connectivity index (χ0v) is 15.7. The summed E-state index contributed by atoms with van der Waals surface area (Å²) in [5.41, 5.74) is 5.07. The smallest absolute Gasteiger partial charge is 0.338 e. The number of amidine groups is 1. The molecule has 0 N–H and O–H groups in total. The van der Waals surface area contributed by atoms with Gasteiger partial charge >= 0.3 is 5.97 Å². The van der Waals surface area contributed by atoms with Gasteiger partial charge in [0.05, 0.1) is 24.4 Å². The molecule has 0 radical (unpaired) electrons. The number of aliphatic imine (C=N–C) groups is 1. The van der Waals surface area contributed by atoms with Gasteiger partial charge in [-0.25, -0.2) is 9.79 Å². The zero-order chi connectivity index (χ0) is 17.6. The van der Waals surface area contributed by atoms with Crippen molar-refractivity contribution in [3.8, 4) is 0 Å². The molecule has 0 fully saturated rings. The molecule has 1 aromatic carbocycles. The van der Waals surface area contributed by atoms with Crippen LogP contribution in [-0.4, -0.2) is 23.1 Å². The fourth-order valence-electron chi connectivity index (χ4n) is 3.81. The molecule has 2 aliphatic heterocycles. The van der Waals surface area contributed by atoms with Gasteiger partial charge in [-0.1, -0.05) is 41.6 Å². The molecule has 25 heavy (non-hydrogen) atoms. The number of carbonyl (C=O) groups is 1. The lowest BCUT2D eigenvalue weighted by Crippen LogP contribution is -2.36. The van der Waals surface area contributed by atoms with Crippen molar-refractivity contribution in [1.82, 2.24) is 4.90 Å². The number of ether oxygens (including phenoxy) is 1. The Hall–Kier alpha value is -2.01. The van der Waals surface area contributed by atoms with Crippen LogP contribution < -0.4 is 0 Å². The van der Waals surface area contributed by atoms with Gasteiger partial charge in [0.25, 0.3) is 0 Å². The van der Waals surface area contributed by atoms with Crippen LogP contribution in [0, 0.1) is 6.92 Å². The number of methoxy groups -OCH3 is 1. The monoisotopic (exact) mass is 354 g/mol. The van der Waals surface area contributed by atoms with Gasteiger partial charge in [-0.2, -0.15) is 0 Å². The molecule has 0 amide bonds. The van der Waals surface area contributed by atoms with Crippen molar-refractivity contribution in [1.29, 1.82) is 0 Å². The third kappa shape index (κ3) is 2.71. The second-order valence-corrected chi connectivity index (χ2v) is 7.81. The number of esters is 1. The molecular formula is C20H22N2O2S. The molecule has 2 heterocycles. The summed E-state index contributed by atoms with van der Waals surface area (Å²) in [6.45, 7) is 3.99. The van der Waals surface area contributed by atoms with Crippen molar-refractivity contribution in [2.75, 3.05) is 7.11 Å². The van der Waals surface area contributed by atoms with Crippen molar-refractivity contribution < 1.29 is 9.53 Å². The summed E-state index contributed by atoms with van der Waals surface area (Å²) in [5.74, 6) is -0.291. The van der Waals surface area contributed by atoms with Crippen LogP contribution in [0.2, 0.25) is 0 Å². The van der Waals surface area contributed by atoms with Crippen molar-refractivity contribution in [2.24, 2.45) is 4.99 Å². The number of rotatable bonds is 2. The average Bonchev–Trinajstić information content (AvgIpc) is 2.98. The van der Waals surface area contributed by atoms with Gasteiger partial charge in [0, 0.05) is 10.6 Å². The summed E-state index contributed by atoms with van der Waals surface area (Å²) in [6, 6.07) is 8.28. The Morgan fingerprint density at radius 3 is 2.64 bits per heavy atom. The molecule has 1 aliphatic carbocycles. The van der Waals surface area contributed by atoms with Crippen LogP contribution in [-0.2, 0) is 9.53 Å². The van der Waals surface area contributed by atoms with Crippen molar-refractivity contribution in [3.05, 3.63) is 57.3 Å². The SMILES string of the molecule is COC(=O)C1=C(C)N=C2SC3=C(CCCC3)N2[C@@H]1c1ccc(C)cc1. The van der Waals surface area contributed by atoms with Crippen LogP contribution in [0.5, 0.6) is 0 Å². The number of benzene rings is 1. The first kappa shape index (κ1) is 16.5. The highest BCUT2D eigenvalue weighted by Crippen LogP contribution is 2.50. The average molecular weight is 354 g/mol. The van der Waals surface area contributed by atoms with Crippen LogP contribution in [0.25, 0.3) is 0 Å². The van der Waals surface area contributed by atoms with E-state index in [-0.39, 0.29) is 12.0 Å². The molecule has 5 heteroatoms. The van der Waals surface area contributed by atoms with Crippen molar-refractivity contribution in [2.45, 2.75) is 45.6 Å². The van der Waals surface area contributed by atoms with Crippen LogP contribution in [0.3, 0.4) is 0 Å². The van der Waals surface area contributed by atoms with Gasteiger partial charge in [-0.15, -0.1) is 0 Å². The number of hydrogen-bond acceptors (Lipinski definition) is 5. The lowest BCUT2D eigenvalue weighted by Gasteiger charge is -2.36. The van der Waals surface area contributed by atoms with Gasteiger partial charge in [0.2, 0.25) is 0 Å². The number of nitrogens with zero attached hydrogens (tertiary/aromatic N) is 2. The molecule has 130 valence electrons. The standard InChI is InChI=1S/C20H22N2O2S/c1-12-8-10-14(11-9-12)18-17(19(23)24-3)13(2)21-20-22(18)15-6-4-5-7-16(15)25-20/h8-11,18H,4-7H2,1-3H3/t18-/m1/s1. The van der Waals surface area contributed by atoms with Gasteiger partial charge in [-0.3, -0.25) is 0 Å². The van der Waals surface area contributed by atoms with Crippen LogP contribution in [0.4, 0.5) is 0 Å². The van der Waals surface area contributed by atoms with Crippen LogP contribution in [0.1, 0.15) is 49.8 Å². The number of aryl methyl sites for hydroxylation is 1. The second kappa shape index (κ2) is 6.37. The van der Waals surface area contributed by atoms with Gasteiger partial charge in [-0.05, 0) is 45.1 Å². The van der Waals surface area contributed by atoms with E-state index < -0.39 is 0 Å². The molecule has 1 atom stereocenters. The van der Waals surface area contributed by atoms with E-state index in [9.17, 15) is 4.79 Å². The predicted molar refractivity (Wildman–Crippen MR) is 101 cm³/mol. The van der Waals surface area contributed by atoms with Crippen LogP contribution >= 0.6 is 11.8 Å². The Kier molecular flexibility index (Phi) is 4.20. The van der Waals surface area contributed by atoms with E-state index in [2.05, 4.69) is 36.1 Å². The third-order valence-corrected chi connectivity index (χ3v) is 6.24. The van der Waals surface area contributed by atoms with E-state index in [1.165, 1.54) is 36.1 Å². The highest BCUT2D eigenvalue weighted by Gasteiger charge is 2.43. The molecule has 0 saturated heterocycles. The van der Waals surface area contributed by atoms with E-state index in [1.807, 2.05) is 6.92 Å². The molecule has 0 unspecified atom stereocenters. The second-order valence-electron chi connectivity index (χ2n) is 6.75. The first-order chi connectivity index (χ1) is 12.1. The molecule has 0 spiro atoms. The first-order valence-electron chi connectivity index (χ1n) is 8.73. The van der Waals surface area contributed by atoms with E-state index in [0.717, 1.165) is 29.3 Å². The van der Waals surface area contributed by atoms with Crippen molar-refractivity contribution >= 4 is 22.9 Å². The maximum atomic E-state index is 12.6. The number of allylic oxidation sites excluding steroid dienone is 3. The quantitative estimate of drug-likeness (QED) is 0.723. The van der Waals surface area contributed by atoms with E-state index in [1.54, 1.807) is 11.8 Å². The lowest BCUT2D eigenvalue weighted by molar-refractivity contribution is -0.136. The number of carbonyl (C=O) groups excluding carboxylic acids is 1. The summed E-state index contributed by atoms with van der Waals surface area (Å²) in [7, 11) is 1.44. The summed E-state index contributed by atoms with van der Waals surface area (Å²) in [6.07, 6.45) is 4.60. The fourth-order valence-corrected chi connectivity index (χ4v) is 5.09. The molecule has 4 rings (SSSR count). The maximum Gasteiger partial charge on any atom is 0.338 e. The lowest BCUT2D eigenvalue weighted by atomic mass is 9.92. The Labute approximate surface area is 152 Å². The summed E-state index contributed by atoms with van der Waals surface area (Å²) in [5, 5.41) is 1.00. The minimum absolute atomic E-state index is 0.154. The Morgan fingerprint density at radius 1 is 1.20 bits per heavy atom. The molecule has 0 bridgehead atoms. The van der Waals surface area contributed by atoms with Gasteiger partial charge in [0.1, 0.15) is 0 Å². The highest BCUT2D eigenvalue weighted by atomic mass is 32.2. The molecular weight excluding hydrogens is 332 g/mol. The normalized spacial score (nSPS) is 22.6. The first-order valence-corrected chi connectivity index (χ1v) is 9.55. The predicted octanol–water partition coefficient (Wildman–Crippen LogP) is 4.69. The summed E-state index contributed by atoms with van der Waals surface area (Å²) >= 11 is 1.77. The fraction of sp³-hybridized carbons (Fsp3) is 0.400. The minimum Gasteiger partial charge on any atom is -0.466 e. The highest BCUT2D eigenvalue weighted by molar-refractivity contribution is 8.17. The Balaban J connectivity index is 1.87. The van der Waals surface area contributed by atoms with E-state index in [0.29, 0.717) is 5.57 Å². The van der Waals surface area contributed by atoms with Crippen LogP contribution in [0.15, 0.2) is 51.1 Å². The topological polar surface area (TPSA) is 41.9 Å².